The SMILES string of the molecule is COC(=O)NCC1CC2CC(CNC(=O)OC)C1C2. The number of fused-ring (bicyclic) bond motifs is 2. The van der Waals surface area contributed by atoms with Crippen molar-refractivity contribution in [1.82, 2.24) is 10.6 Å². The lowest BCUT2D eigenvalue weighted by Gasteiger charge is -2.29. The predicted octanol–water partition coefficient (Wildman–Crippen LogP) is 1.36. The molecule has 0 aliphatic heterocycles. The summed E-state index contributed by atoms with van der Waals surface area (Å²) >= 11 is 0. The van der Waals surface area contributed by atoms with Crippen LogP contribution in [0.1, 0.15) is 19.3 Å². The maximum Gasteiger partial charge on any atom is 0.406 e. The van der Waals surface area contributed by atoms with Crippen molar-refractivity contribution in [3.05, 3.63) is 0 Å². The standard InChI is InChI=1S/C13H22N2O4/c1-18-12(16)14-6-9-3-8-4-10(11(9)5-8)7-15-13(17)19-2/h8-11H,3-7H2,1-2H3,(H,14,16)(H,15,17). The van der Waals surface area contributed by atoms with E-state index in [2.05, 4.69) is 20.1 Å². The van der Waals surface area contributed by atoms with Crippen molar-refractivity contribution in [2.24, 2.45) is 23.7 Å². The van der Waals surface area contributed by atoms with Crippen LogP contribution in [0, 0.1) is 23.7 Å². The van der Waals surface area contributed by atoms with Crippen LogP contribution in [0.4, 0.5) is 9.59 Å². The van der Waals surface area contributed by atoms with Gasteiger partial charge < -0.3 is 20.1 Å². The number of hydrogen-bond donors (Lipinski definition) is 2. The van der Waals surface area contributed by atoms with E-state index in [1.165, 1.54) is 33.5 Å². The number of methoxy groups -OCH3 is 2. The smallest absolute Gasteiger partial charge is 0.406 e. The van der Waals surface area contributed by atoms with Crippen molar-refractivity contribution in [2.45, 2.75) is 19.3 Å². The lowest BCUT2D eigenvalue weighted by molar-refractivity contribution is 0.157. The van der Waals surface area contributed by atoms with Gasteiger partial charge in [-0.05, 0) is 42.9 Å². The number of carbonyl (C=O) groups is 2. The highest BCUT2D eigenvalue weighted by molar-refractivity contribution is 5.67. The summed E-state index contributed by atoms with van der Waals surface area (Å²) in [6.45, 7) is 1.34. The van der Waals surface area contributed by atoms with E-state index in [4.69, 9.17) is 0 Å². The van der Waals surface area contributed by atoms with Crippen LogP contribution in [-0.4, -0.2) is 39.5 Å². The highest BCUT2D eigenvalue weighted by Crippen LogP contribution is 2.51. The lowest BCUT2D eigenvalue weighted by Crippen LogP contribution is -2.37. The van der Waals surface area contributed by atoms with Gasteiger partial charge in [0.25, 0.3) is 0 Å². The third kappa shape index (κ3) is 3.30. The number of rotatable bonds is 4. The monoisotopic (exact) mass is 270 g/mol. The zero-order valence-corrected chi connectivity index (χ0v) is 11.5. The van der Waals surface area contributed by atoms with Crippen molar-refractivity contribution in [2.75, 3.05) is 27.3 Å². The van der Waals surface area contributed by atoms with E-state index in [1.807, 2.05) is 0 Å². The summed E-state index contributed by atoms with van der Waals surface area (Å²) in [5.41, 5.74) is 0. The fourth-order valence-corrected chi connectivity index (χ4v) is 3.69. The minimum Gasteiger partial charge on any atom is -0.453 e. The highest BCUT2D eigenvalue weighted by Gasteiger charge is 2.45. The van der Waals surface area contributed by atoms with Gasteiger partial charge in [0, 0.05) is 13.1 Å². The summed E-state index contributed by atoms with van der Waals surface area (Å²) in [4.78, 5) is 22.2. The van der Waals surface area contributed by atoms with Gasteiger partial charge in [-0.25, -0.2) is 9.59 Å². The fourth-order valence-electron chi connectivity index (χ4n) is 3.69. The number of hydrogen-bond acceptors (Lipinski definition) is 4. The molecule has 0 heterocycles. The second-order valence-corrected chi connectivity index (χ2v) is 5.50. The second-order valence-electron chi connectivity index (χ2n) is 5.50. The molecule has 2 unspecified atom stereocenters. The van der Waals surface area contributed by atoms with Crippen LogP contribution in [0.3, 0.4) is 0 Å². The number of amides is 2. The lowest BCUT2D eigenvalue weighted by atomic mass is 9.80. The third-order valence-corrected chi connectivity index (χ3v) is 4.48. The summed E-state index contributed by atoms with van der Waals surface area (Å²) in [6.07, 6.45) is 2.81. The average molecular weight is 270 g/mol. The van der Waals surface area contributed by atoms with Crippen molar-refractivity contribution < 1.29 is 19.1 Å². The van der Waals surface area contributed by atoms with Crippen molar-refractivity contribution in [3.8, 4) is 0 Å². The number of ether oxygens (including phenoxy) is 2. The van der Waals surface area contributed by atoms with Crippen LogP contribution in [0.5, 0.6) is 0 Å². The minimum atomic E-state index is -0.369. The molecule has 2 rings (SSSR count). The van der Waals surface area contributed by atoms with Crippen LogP contribution in [0.25, 0.3) is 0 Å². The quantitative estimate of drug-likeness (QED) is 0.808. The van der Waals surface area contributed by atoms with Gasteiger partial charge in [0.2, 0.25) is 0 Å². The van der Waals surface area contributed by atoms with Crippen LogP contribution >= 0.6 is 0 Å². The Labute approximate surface area is 113 Å². The van der Waals surface area contributed by atoms with Gasteiger partial charge in [0.1, 0.15) is 0 Å². The summed E-state index contributed by atoms with van der Waals surface area (Å²) in [5, 5.41) is 5.57. The zero-order chi connectivity index (χ0) is 13.8. The molecule has 0 aromatic heterocycles. The first-order valence-corrected chi connectivity index (χ1v) is 6.77. The molecule has 2 amide bonds. The van der Waals surface area contributed by atoms with Gasteiger partial charge in [0.05, 0.1) is 14.2 Å². The molecule has 0 spiro atoms. The molecule has 0 aromatic rings. The highest BCUT2D eigenvalue weighted by atomic mass is 16.5. The van der Waals surface area contributed by atoms with Crippen molar-refractivity contribution >= 4 is 12.2 Å². The van der Waals surface area contributed by atoms with Gasteiger partial charge in [-0.2, -0.15) is 0 Å². The molecule has 108 valence electrons. The zero-order valence-electron chi connectivity index (χ0n) is 11.5. The summed E-state index contributed by atoms with van der Waals surface area (Å²) in [6, 6.07) is 0. The molecule has 2 aliphatic rings. The molecule has 2 saturated carbocycles. The summed E-state index contributed by atoms with van der Waals surface area (Å²) in [5.74, 6) is 2.32. The molecule has 2 aliphatic carbocycles. The summed E-state index contributed by atoms with van der Waals surface area (Å²) < 4.78 is 9.17. The third-order valence-electron chi connectivity index (χ3n) is 4.48. The van der Waals surface area contributed by atoms with E-state index in [1.54, 1.807) is 0 Å². The number of alkyl carbamates (subject to hydrolysis) is 2. The molecular weight excluding hydrogens is 248 g/mol. The minimum absolute atomic E-state index is 0.369. The van der Waals surface area contributed by atoms with Crippen molar-refractivity contribution in [3.63, 3.8) is 0 Å². The van der Waals surface area contributed by atoms with Gasteiger partial charge in [-0.1, -0.05) is 0 Å². The van der Waals surface area contributed by atoms with E-state index in [-0.39, 0.29) is 12.2 Å². The van der Waals surface area contributed by atoms with Gasteiger partial charge >= 0.3 is 12.2 Å². The molecule has 0 saturated heterocycles. The number of carbonyl (C=O) groups excluding carboxylic acids is 2. The topological polar surface area (TPSA) is 76.7 Å². The Hall–Kier alpha value is -1.46. The first-order valence-electron chi connectivity index (χ1n) is 6.77. The van der Waals surface area contributed by atoms with E-state index < -0.39 is 0 Å². The molecule has 19 heavy (non-hydrogen) atoms. The van der Waals surface area contributed by atoms with Crippen LogP contribution < -0.4 is 10.6 Å². The maximum absolute atomic E-state index is 11.1. The maximum atomic E-state index is 11.1. The Kier molecular flexibility index (Phi) is 4.50. The molecule has 2 N–H and O–H groups in total. The Bertz CT molecular complexity index is 318. The normalized spacial score (nSPS) is 31.9. The Balaban J connectivity index is 1.79. The van der Waals surface area contributed by atoms with Gasteiger partial charge in [-0.15, -0.1) is 0 Å². The predicted molar refractivity (Wildman–Crippen MR) is 68.6 cm³/mol. The Morgan fingerprint density at radius 1 is 0.947 bits per heavy atom. The van der Waals surface area contributed by atoms with Gasteiger partial charge in [-0.3, -0.25) is 0 Å². The van der Waals surface area contributed by atoms with Crippen LogP contribution in [-0.2, 0) is 9.47 Å². The Morgan fingerprint density at radius 2 is 1.42 bits per heavy atom. The van der Waals surface area contributed by atoms with E-state index in [0.29, 0.717) is 30.8 Å². The molecule has 6 nitrogen and oxygen atoms in total. The molecule has 6 heteroatoms. The van der Waals surface area contributed by atoms with Crippen LogP contribution in [0.2, 0.25) is 0 Å². The second kappa shape index (κ2) is 6.12. The molecule has 0 radical (unpaired) electrons. The molecular formula is C13H22N2O4. The average Bonchev–Trinajstić information content (AvgIpc) is 3.01. The van der Waals surface area contributed by atoms with E-state index >= 15 is 0 Å². The number of nitrogens with one attached hydrogen (secondary N) is 2. The first kappa shape index (κ1) is 14.0. The molecule has 2 bridgehead atoms. The molecule has 2 atom stereocenters. The largest absolute Gasteiger partial charge is 0.453 e. The van der Waals surface area contributed by atoms with E-state index in [0.717, 1.165) is 5.92 Å². The van der Waals surface area contributed by atoms with Crippen molar-refractivity contribution in [1.29, 1.82) is 0 Å². The van der Waals surface area contributed by atoms with Crippen LogP contribution in [0.15, 0.2) is 0 Å². The van der Waals surface area contributed by atoms with E-state index in [9.17, 15) is 9.59 Å². The Morgan fingerprint density at radius 3 is 1.79 bits per heavy atom. The first-order chi connectivity index (χ1) is 9.13. The summed E-state index contributed by atoms with van der Waals surface area (Å²) in [7, 11) is 2.75. The fraction of sp³-hybridized carbons (Fsp3) is 0.846. The molecule has 2 fully saturated rings. The van der Waals surface area contributed by atoms with Gasteiger partial charge in [0.15, 0.2) is 0 Å². The molecule has 0 aromatic carbocycles.